The molecule has 0 bridgehead atoms. The minimum absolute atomic E-state index is 0.00239. The first-order valence-electron chi connectivity index (χ1n) is 10.5. The lowest BCUT2D eigenvalue weighted by Gasteiger charge is -2.45. The van der Waals surface area contributed by atoms with Crippen LogP contribution in [0.2, 0.25) is 18.1 Å². The third-order valence-electron chi connectivity index (χ3n) is 6.67. The Morgan fingerprint density at radius 3 is 2.59 bits per heavy atom. The van der Waals surface area contributed by atoms with E-state index in [1.165, 1.54) is 0 Å². The molecule has 0 amide bonds. The van der Waals surface area contributed by atoms with E-state index in [2.05, 4.69) is 39.9 Å². The molecule has 156 valence electrons. The van der Waals surface area contributed by atoms with E-state index in [1.54, 1.807) is 0 Å². The van der Waals surface area contributed by atoms with Crippen molar-refractivity contribution in [2.45, 2.75) is 108 Å². The van der Waals surface area contributed by atoms with Gasteiger partial charge in [0.05, 0.1) is 31.0 Å². The molecule has 0 aromatic heterocycles. The predicted molar refractivity (Wildman–Crippen MR) is 109 cm³/mol. The van der Waals surface area contributed by atoms with Gasteiger partial charge in [-0.25, -0.2) is 0 Å². The van der Waals surface area contributed by atoms with E-state index in [0.29, 0.717) is 6.61 Å². The first kappa shape index (κ1) is 22.8. The predicted octanol–water partition coefficient (Wildman–Crippen LogP) is 4.41. The summed E-state index contributed by atoms with van der Waals surface area (Å²) < 4.78 is 19.6. The number of hydrogen-bond donors (Lipinski definition) is 1. The van der Waals surface area contributed by atoms with Gasteiger partial charge in [0.2, 0.25) is 0 Å². The summed E-state index contributed by atoms with van der Waals surface area (Å²) in [6.45, 7) is 14.0. The minimum Gasteiger partial charge on any atom is -0.414 e. The molecule has 5 atom stereocenters. The number of nitriles is 1. The summed E-state index contributed by atoms with van der Waals surface area (Å²) in [6.07, 6.45) is 5.37. The molecule has 0 aromatic carbocycles. The standard InChI is InChI=1S/C21H39NO4Si/c1-16(14-22)12-17-9-10-19-21(26-17,13-18(25-19)8-7-11-23)15-24-27(5,6)20(2,3)4/h16-19,23H,7-13,15H2,1-6H3/t16-,17-,18+,19+,21-/m1/s1. The van der Waals surface area contributed by atoms with Gasteiger partial charge in [-0.15, -0.1) is 0 Å². The molecule has 6 heteroatoms. The Bertz CT molecular complexity index is 527. The highest BCUT2D eigenvalue weighted by atomic mass is 28.4. The van der Waals surface area contributed by atoms with Crippen LogP contribution in [-0.2, 0) is 13.9 Å². The van der Waals surface area contributed by atoms with E-state index < -0.39 is 13.9 Å². The minimum atomic E-state index is -1.89. The zero-order valence-electron chi connectivity index (χ0n) is 18.1. The zero-order chi connectivity index (χ0) is 20.3. The maximum Gasteiger partial charge on any atom is 0.192 e. The molecule has 2 heterocycles. The van der Waals surface area contributed by atoms with Gasteiger partial charge in [0.15, 0.2) is 8.32 Å². The summed E-state index contributed by atoms with van der Waals surface area (Å²) in [7, 11) is -1.89. The van der Waals surface area contributed by atoms with Crippen LogP contribution in [-0.4, -0.2) is 50.6 Å². The van der Waals surface area contributed by atoms with Crippen molar-refractivity contribution in [2.75, 3.05) is 13.2 Å². The van der Waals surface area contributed by atoms with Crippen LogP contribution < -0.4 is 0 Å². The molecule has 5 nitrogen and oxygen atoms in total. The Morgan fingerprint density at radius 2 is 2.00 bits per heavy atom. The maximum atomic E-state index is 9.18. The number of hydrogen-bond acceptors (Lipinski definition) is 5. The Balaban J connectivity index is 2.13. The summed E-state index contributed by atoms with van der Waals surface area (Å²) in [5.74, 6) is -0.00239. The van der Waals surface area contributed by atoms with Crippen LogP contribution in [0.3, 0.4) is 0 Å². The molecule has 2 aliphatic heterocycles. The number of nitrogens with zero attached hydrogens (tertiary/aromatic N) is 1. The summed E-state index contributed by atoms with van der Waals surface area (Å²) in [5.41, 5.74) is -0.409. The van der Waals surface area contributed by atoms with Crippen molar-refractivity contribution in [3.8, 4) is 6.07 Å². The lowest BCUT2D eigenvalue weighted by atomic mass is 9.85. The number of ether oxygens (including phenoxy) is 2. The zero-order valence-corrected chi connectivity index (χ0v) is 19.1. The van der Waals surface area contributed by atoms with Gasteiger partial charge in [-0.2, -0.15) is 5.26 Å². The molecule has 2 rings (SSSR count). The van der Waals surface area contributed by atoms with Gasteiger partial charge in [0.1, 0.15) is 5.60 Å². The summed E-state index contributed by atoms with van der Waals surface area (Å²) in [6, 6.07) is 2.33. The molecule has 0 aromatic rings. The molecule has 0 saturated carbocycles. The fourth-order valence-electron chi connectivity index (χ4n) is 3.91. The normalized spacial score (nSPS) is 32.7. The van der Waals surface area contributed by atoms with E-state index >= 15 is 0 Å². The van der Waals surface area contributed by atoms with Gasteiger partial charge in [0, 0.05) is 18.9 Å². The second-order valence-electron chi connectivity index (χ2n) is 10.0. The van der Waals surface area contributed by atoms with Crippen molar-refractivity contribution in [2.24, 2.45) is 5.92 Å². The van der Waals surface area contributed by atoms with E-state index in [9.17, 15) is 10.4 Å². The van der Waals surface area contributed by atoms with Gasteiger partial charge in [0.25, 0.3) is 0 Å². The van der Waals surface area contributed by atoms with Crippen LogP contribution >= 0.6 is 0 Å². The first-order chi connectivity index (χ1) is 12.5. The van der Waals surface area contributed by atoms with Crippen LogP contribution in [0.5, 0.6) is 0 Å². The summed E-state index contributed by atoms with van der Waals surface area (Å²) >= 11 is 0. The molecule has 0 unspecified atom stereocenters. The smallest absolute Gasteiger partial charge is 0.192 e. The lowest BCUT2D eigenvalue weighted by molar-refractivity contribution is -0.183. The van der Waals surface area contributed by atoms with Gasteiger partial charge in [-0.05, 0) is 57.2 Å². The number of rotatable bonds is 8. The Hall–Kier alpha value is -0.453. The molecule has 2 aliphatic rings. The topological polar surface area (TPSA) is 71.7 Å². The number of aliphatic hydroxyl groups excluding tert-OH is 1. The van der Waals surface area contributed by atoms with Crippen LogP contribution in [0.1, 0.15) is 66.2 Å². The molecule has 0 spiro atoms. The second-order valence-corrected chi connectivity index (χ2v) is 14.8. The third-order valence-corrected chi connectivity index (χ3v) is 11.2. The summed E-state index contributed by atoms with van der Waals surface area (Å²) in [5, 5.41) is 18.5. The fraction of sp³-hybridized carbons (Fsp3) is 0.952. The molecule has 0 radical (unpaired) electrons. The molecule has 0 aliphatic carbocycles. The first-order valence-corrected chi connectivity index (χ1v) is 13.4. The lowest BCUT2D eigenvalue weighted by Crippen LogP contribution is -2.55. The highest BCUT2D eigenvalue weighted by Crippen LogP contribution is 2.46. The van der Waals surface area contributed by atoms with Crippen LogP contribution in [0.25, 0.3) is 0 Å². The van der Waals surface area contributed by atoms with E-state index in [4.69, 9.17) is 13.9 Å². The van der Waals surface area contributed by atoms with Gasteiger partial charge in [-0.3, -0.25) is 0 Å². The van der Waals surface area contributed by atoms with Crippen LogP contribution in [0.4, 0.5) is 0 Å². The monoisotopic (exact) mass is 397 g/mol. The van der Waals surface area contributed by atoms with Gasteiger partial charge < -0.3 is 19.0 Å². The van der Waals surface area contributed by atoms with Crippen molar-refractivity contribution in [3.63, 3.8) is 0 Å². The molecule has 2 fully saturated rings. The molecule has 2 saturated heterocycles. The maximum absolute atomic E-state index is 9.18. The third kappa shape index (κ3) is 5.54. The van der Waals surface area contributed by atoms with Crippen molar-refractivity contribution < 1.29 is 19.0 Å². The Kier molecular flexibility index (Phi) is 7.54. The number of fused-ring (bicyclic) bond motifs is 1. The van der Waals surface area contributed by atoms with Crippen molar-refractivity contribution >= 4 is 8.32 Å². The molecular weight excluding hydrogens is 358 g/mol. The number of aliphatic hydroxyl groups is 1. The SMILES string of the molecule is C[C@@H](C#N)C[C@H]1CC[C@@H]2O[C@@H](CCCO)C[C@]2(CO[Si](C)(C)C(C)(C)C)O1. The van der Waals surface area contributed by atoms with Crippen molar-refractivity contribution in [1.82, 2.24) is 0 Å². The largest absolute Gasteiger partial charge is 0.414 e. The highest BCUT2D eigenvalue weighted by Gasteiger charge is 2.54. The highest BCUT2D eigenvalue weighted by molar-refractivity contribution is 6.74. The fourth-order valence-corrected chi connectivity index (χ4v) is 4.95. The van der Waals surface area contributed by atoms with Crippen LogP contribution in [0, 0.1) is 17.2 Å². The average Bonchev–Trinajstić information content (AvgIpc) is 2.95. The second kappa shape index (κ2) is 8.92. The van der Waals surface area contributed by atoms with Crippen LogP contribution in [0.15, 0.2) is 0 Å². The van der Waals surface area contributed by atoms with Crippen molar-refractivity contribution in [1.29, 1.82) is 5.26 Å². The van der Waals surface area contributed by atoms with E-state index in [-0.39, 0.29) is 35.9 Å². The Labute approximate surface area is 166 Å². The summed E-state index contributed by atoms with van der Waals surface area (Å²) in [4.78, 5) is 0. The quantitative estimate of drug-likeness (QED) is 0.614. The Morgan fingerprint density at radius 1 is 1.30 bits per heavy atom. The molecule has 1 N–H and O–H groups in total. The average molecular weight is 398 g/mol. The van der Waals surface area contributed by atoms with E-state index in [1.807, 2.05) is 6.92 Å². The van der Waals surface area contributed by atoms with E-state index in [0.717, 1.165) is 38.5 Å². The molecule has 27 heavy (non-hydrogen) atoms. The van der Waals surface area contributed by atoms with Gasteiger partial charge in [-0.1, -0.05) is 20.8 Å². The van der Waals surface area contributed by atoms with Gasteiger partial charge >= 0.3 is 0 Å². The molecular formula is C21H39NO4Si. The van der Waals surface area contributed by atoms with Crippen molar-refractivity contribution in [3.05, 3.63) is 0 Å².